The Morgan fingerprint density at radius 2 is 1.94 bits per heavy atom. The summed E-state index contributed by atoms with van der Waals surface area (Å²) < 4.78 is 13.5. The first-order chi connectivity index (χ1) is 15.1. The average molecular weight is 422 g/mol. The molecule has 2 aromatic carbocycles. The van der Waals surface area contributed by atoms with Crippen molar-refractivity contribution in [3.8, 4) is 0 Å². The van der Waals surface area contributed by atoms with Crippen LogP contribution in [-0.4, -0.2) is 43.2 Å². The second-order valence-corrected chi connectivity index (χ2v) is 8.16. The van der Waals surface area contributed by atoms with Gasteiger partial charge in [0.05, 0.1) is 6.04 Å². The number of benzene rings is 2. The van der Waals surface area contributed by atoms with Crippen LogP contribution in [0.15, 0.2) is 66.7 Å². The van der Waals surface area contributed by atoms with Crippen LogP contribution in [0.5, 0.6) is 0 Å². The molecule has 1 fully saturated rings. The summed E-state index contributed by atoms with van der Waals surface area (Å²) in [6.45, 7) is 0.864. The first kappa shape index (κ1) is 21.2. The number of nitrogens with zero attached hydrogens (tertiary/aromatic N) is 1. The Kier molecular flexibility index (Phi) is 6.77. The number of rotatable bonds is 7. The molecular formula is C25H28FN3O2. The molecule has 2 amide bonds. The summed E-state index contributed by atoms with van der Waals surface area (Å²) in [5.41, 5.74) is 3.29. The van der Waals surface area contributed by atoms with E-state index < -0.39 is 12.2 Å². The summed E-state index contributed by atoms with van der Waals surface area (Å²) in [6, 6.07) is 17.1. The molecule has 3 atom stereocenters. The second-order valence-electron chi connectivity index (χ2n) is 8.16. The van der Waals surface area contributed by atoms with Gasteiger partial charge in [-0.1, -0.05) is 54.6 Å². The van der Waals surface area contributed by atoms with Gasteiger partial charge in [-0.2, -0.15) is 0 Å². The van der Waals surface area contributed by atoms with E-state index in [0.29, 0.717) is 13.0 Å². The Morgan fingerprint density at radius 1 is 1.16 bits per heavy atom. The zero-order chi connectivity index (χ0) is 21.6. The number of anilines is 1. The van der Waals surface area contributed by atoms with Crippen molar-refractivity contribution in [3.63, 3.8) is 0 Å². The molecule has 2 heterocycles. The molecule has 31 heavy (non-hydrogen) atoms. The third-order valence-electron chi connectivity index (χ3n) is 5.93. The van der Waals surface area contributed by atoms with Gasteiger partial charge in [0, 0.05) is 37.3 Å². The maximum Gasteiger partial charge on any atom is 0.250 e. The highest BCUT2D eigenvalue weighted by molar-refractivity contribution is 6.03. The standard InChI is InChI=1S/C25H28FN3O2/c26-20-16-22(27-17-20)25(31)28-21(11-10-18-6-2-1-3-7-18)12-13-24(30)29-15-14-19-8-4-5-9-23(19)29/h1-9,12-13,20-22,27H,10-11,14-17H2,(H,28,31)/b13-12+/t20-,21-,22-/m0/s1. The minimum atomic E-state index is -0.995. The summed E-state index contributed by atoms with van der Waals surface area (Å²) in [4.78, 5) is 27.2. The summed E-state index contributed by atoms with van der Waals surface area (Å²) in [6.07, 6.45) is 4.78. The van der Waals surface area contributed by atoms with Gasteiger partial charge in [-0.3, -0.25) is 9.59 Å². The molecule has 0 saturated carbocycles. The quantitative estimate of drug-likeness (QED) is 0.676. The van der Waals surface area contributed by atoms with Crippen LogP contribution in [-0.2, 0) is 22.4 Å². The fourth-order valence-electron chi connectivity index (χ4n) is 4.21. The molecule has 2 aliphatic rings. The molecule has 2 aromatic rings. The fourth-order valence-corrected chi connectivity index (χ4v) is 4.21. The average Bonchev–Trinajstić information content (AvgIpc) is 3.42. The van der Waals surface area contributed by atoms with Crippen molar-refractivity contribution in [3.05, 3.63) is 77.9 Å². The SMILES string of the molecule is O=C(N[C@H](/C=C/C(=O)N1CCc2ccccc21)CCc1ccccc1)[C@@H]1C[C@H](F)CN1. The maximum atomic E-state index is 13.5. The zero-order valence-electron chi connectivity index (χ0n) is 17.5. The molecule has 4 rings (SSSR count). The summed E-state index contributed by atoms with van der Waals surface area (Å²) in [5.74, 6) is -0.312. The van der Waals surface area contributed by atoms with Crippen molar-refractivity contribution in [1.29, 1.82) is 0 Å². The van der Waals surface area contributed by atoms with E-state index in [1.165, 1.54) is 5.56 Å². The first-order valence-corrected chi connectivity index (χ1v) is 10.9. The van der Waals surface area contributed by atoms with E-state index in [9.17, 15) is 14.0 Å². The van der Waals surface area contributed by atoms with E-state index in [4.69, 9.17) is 0 Å². The molecule has 0 spiro atoms. The molecule has 2 N–H and O–H groups in total. The van der Waals surface area contributed by atoms with E-state index in [0.717, 1.165) is 24.1 Å². The molecule has 5 nitrogen and oxygen atoms in total. The van der Waals surface area contributed by atoms with Crippen molar-refractivity contribution in [1.82, 2.24) is 10.6 Å². The monoisotopic (exact) mass is 421 g/mol. The van der Waals surface area contributed by atoms with Gasteiger partial charge in [0.2, 0.25) is 5.91 Å². The van der Waals surface area contributed by atoms with Crippen molar-refractivity contribution >= 4 is 17.5 Å². The van der Waals surface area contributed by atoms with Crippen molar-refractivity contribution in [2.24, 2.45) is 0 Å². The first-order valence-electron chi connectivity index (χ1n) is 10.9. The molecule has 0 bridgehead atoms. The van der Waals surface area contributed by atoms with Crippen molar-refractivity contribution in [2.75, 3.05) is 18.0 Å². The largest absolute Gasteiger partial charge is 0.349 e. The third kappa shape index (κ3) is 5.39. The predicted octanol–water partition coefficient (Wildman–Crippen LogP) is 2.95. The normalized spacial score (nSPS) is 21.3. The van der Waals surface area contributed by atoms with Crippen LogP contribution in [0.1, 0.15) is 24.0 Å². The smallest absolute Gasteiger partial charge is 0.250 e. The van der Waals surface area contributed by atoms with Crippen LogP contribution >= 0.6 is 0 Å². The van der Waals surface area contributed by atoms with Gasteiger partial charge in [-0.15, -0.1) is 0 Å². The summed E-state index contributed by atoms with van der Waals surface area (Å²) in [7, 11) is 0. The van der Waals surface area contributed by atoms with Crippen LogP contribution in [0.4, 0.5) is 10.1 Å². The molecule has 0 radical (unpaired) electrons. The van der Waals surface area contributed by atoms with E-state index >= 15 is 0 Å². The van der Waals surface area contributed by atoms with Crippen LogP contribution < -0.4 is 15.5 Å². The number of amides is 2. The van der Waals surface area contributed by atoms with E-state index in [1.54, 1.807) is 17.1 Å². The molecule has 2 aliphatic heterocycles. The Hall–Kier alpha value is -2.99. The van der Waals surface area contributed by atoms with Crippen LogP contribution in [0.25, 0.3) is 0 Å². The van der Waals surface area contributed by atoms with Crippen LogP contribution in [0.3, 0.4) is 0 Å². The van der Waals surface area contributed by atoms with E-state index in [-0.39, 0.29) is 30.8 Å². The number of carbonyl (C=O) groups is 2. The lowest BCUT2D eigenvalue weighted by molar-refractivity contribution is -0.123. The number of para-hydroxylation sites is 1. The van der Waals surface area contributed by atoms with Gasteiger partial charge in [-0.05, 0) is 36.5 Å². The minimum absolute atomic E-state index is 0.0910. The second kappa shape index (κ2) is 9.88. The maximum absolute atomic E-state index is 13.5. The van der Waals surface area contributed by atoms with E-state index in [1.807, 2.05) is 54.6 Å². The molecular weight excluding hydrogens is 393 g/mol. The lowest BCUT2D eigenvalue weighted by Crippen LogP contribution is -2.44. The van der Waals surface area contributed by atoms with Crippen LogP contribution in [0, 0.1) is 0 Å². The highest BCUT2D eigenvalue weighted by Gasteiger charge is 2.30. The zero-order valence-corrected chi connectivity index (χ0v) is 17.5. The number of aryl methyl sites for hydroxylation is 1. The molecule has 1 saturated heterocycles. The molecule has 0 unspecified atom stereocenters. The van der Waals surface area contributed by atoms with Gasteiger partial charge in [0.25, 0.3) is 5.91 Å². The number of alkyl halides is 1. The van der Waals surface area contributed by atoms with Gasteiger partial charge in [-0.25, -0.2) is 4.39 Å². The van der Waals surface area contributed by atoms with Gasteiger partial charge >= 0.3 is 0 Å². The number of hydrogen-bond donors (Lipinski definition) is 2. The molecule has 6 heteroatoms. The number of carbonyl (C=O) groups excluding carboxylic acids is 2. The van der Waals surface area contributed by atoms with Crippen molar-refractivity contribution in [2.45, 2.75) is 43.9 Å². The lowest BCUT2D eigenvalue weighted by atomic mass is 10.0. The topological polar surface area (TPSA) is 61.4 Å². The highest BCUT2D eigenvalue weighted by Crippen LogP contribution is 2.27. The summed E-state index contributed by atoms with van der Waals surface area (Å²) in [5, 5.41) is 5.91. The number of hydrogen-bond acceptors (Lipinski definition) is 3. The number of nitrogens with one attached hydrogen (secondary N) is 2. The Balaban J connectivity index is 1.42. The molecule has 0 aliphatic carbocycles. The summed E-state index contributed by atoms with van der Waals surface area (Å²) >= 11 is 0. The Bertz CT molecular complexity index is 947. The Morgan fingerprint density at radius 3 is 2.71 bits per heavy atom. The fraction of sp³-hybridized carbons (Fsp3) is 0.360. The lowest BCUT2D eigenvalue weighted by Gasteiger charge is -2.19. The van der Waals surface area contributed by atoms with Crippen molar-refractivity contribution < 1.29 is 14.0 Å². The van der Waals surface area contributed by atoms with E-state index in [2.05, 4.69) is 10.6 Å². The van der Waals surface area contributed by atoms with Gasteiger partial charge in [0.1, 0.15) is 6.17 Å². The highest BCUT2D eigenvalue weighted by atomic mass is 19.1. The van der Waals surface area contributed by atoms with Gasteiger partial charge in [0.15, 0.2) is 0 Å². The third-order valence-corrected chi connectivity index (χ3v) is 5.93. The predicted molar refractivity (Wildman–Crippen MR) is 120 cm³/mol. The van der Waals surface area contributed by atoms with Crippen LogP contribution in [0.2, 0.25) is 0 Å². The Labute approximate surface area is 182 Å². The number of fused-ring (bicyclic) bond motifs is 1. The minimum Gasteiger partial charge on any atom is -0.349 e. The molecule has 162 valence electrons. The van der Waals surface area contributed by atoms with Gasteiger partial charge < -0.3 is 15.5 Å². The number of halogens is 1. The molecule has 0 aromatic heterocycles.